The summed E-state index contributed by atoms with van der Waals surface area (Å²) in [6.07, 6.45) is 3.95. The van der Waals surface area contributed by atoms with E-state index in [9.17, 15) is 13.2 Å². The van der Waals surface area contributed by atoms with Crippen molar-refractivity contribution in [1.82, 2.24) is 14.9 Å². The van der Waals surface area contributed by atoms with Crippen LogP contribution >= 0.6 is 0 Å². The van der Waals surface area contributed by atoms with Crippen LogP contribution < -0.4 is 4.74 Å². The first-order valence-electron chi connectivity index (χ1n) is 9.40. The van der Waals surface area contributed by atoms with E-state index in [1.807, 2.05) is 0 Å². The predicted molar refractivity (Wildman–Crippen MR) is 91.8 cm³/mol. The van der Waals surface area contributed by atoms with Crippen LogP contribution in [0.4, 0.5) is 13.2 Å². The number of carbonyl (C=O) groups is 1. The Labute approximate surface area is 160 Å². The third-order valence-electron chi connectivity index (χ3n) is 5.24. The lowest BCUT2D eigenvalue weighted by Gasteiger charge is -2.39. The van der Waals surface area contributed by atoms with Gasteiger partial charge in [-0.15, -0.1) is 0 Å². The molecule has 2 heterocycles. The highest BCUT2D eigenvalue weighted by molar-refractivity contribution is 5.73. The maximum Gasteiger partial charge on any atom is 0.490 e. The van der Waals surface area contributed by atoms with Gasteiger partial charge in [-0.3, -0.25) is 4.90 Å². The summed E-state index contributed by atoms with van der Waals surface area (Å²) < 4.78 is 43.6. The second kappa shape index (κ2) is 9.04. The Hall–Kier alpha value is -1.94. The second-order valence-corrected chi connectivity index (χ2v) is 7.32. The lowest BCUT2D eigenvalue weighted by molar-refractivity contribution is -0.192. The zero-order valence-electron chi connectivity index (χ0n) is 15.3. The number of alkyl halides is 3. The first-order valence-corrected chi connectivity index (χ1v) is 9.40. The molecule has 0 aromatic carbocycles. The fourth-order valence-corrected chi connectivity index (χ4v) is 3.72. The lowest BCUT2D eigenvalue weighted by atomic mass is 10.0. The summed E-state index contributed by atoms with van der Waals surface area (Å²) >= 11 is 0. The first kappa shape index (κ1) is 20.8. The molecule has 0 amide bonds. The summed E-state index contributed by atoms with van der Waals surface area (Å²) in [4.78, 5) is 19.8. The number of aliphatic carboxylic acids is 1. The van der Waals surface area contributed by atoms with E-state index < -0.39 is 12.1 Å². The van der Waals surface area contributed by atoms with E-state index in [-0.39, 0.29) is 0 Å². The molecule has 7 nitrogen and oxygen atoms in total. The van der Waals surface area contributed by atoms with Gasteiger partial charge in [0.1, 0.15) is 0 Å². The number of rotatable bonds is 5. The minimum atomic E-state index is -5.08. The summed E-state index contributed by atoms with van der Waals surface area (Å²) in [7, 11) is 0. The zero-order chi connectivity index (χ0) is 20.1. The molecule has 0 radical (unpaired) electrons. The third kappa shape index (κ3) is 5.78. The minimum Gasteiger partial charge on any atom is -0.475 e. The SMILES string of the molecule is O=C(O)C(F)(F)F.c1cnc(OCC2CCC3C2OCCN3CC2CC2)nc1. The van der Waals surface area contributed by atoms with Crippen LogP contribution in [-0.4, -0.2) is 70.6 Å². The first-order chi connectivity index (χ1) is 13.3. The number of morpholine rings is 1. The highest BCUT2D eigenvalue weighted by Gasteiger charge is 2.44. The van der Waals surface area contributed by atoms with E-state index in [0.29, 0.717) is 30.7 Å². The van der Waals surface area contributed by atoms with Crippen molar-refractivity contribution in [2.45, 2.75) is 44.0 Å². The Morgan fingerprint density at radius 2 is 1.93 bits per heavy atom. The molecule has 1 aromatic rings. The van der Waals surface area contributed by atoms with Crippen LogP contribution in [0, 0.1) is 11.8 Å². The molecule has 1 aliphatic heterocycles. The molecule has 3 aliphatic rings. The molecule has 0 spiro atoms. The fourth-order valence-electron chi connectivity index (χ4n) is 3.72. The number of carboxylic acid groups (broad SMARTS) is 1. The van der Waals surface area contributed by atoms with Gasteiger partial charge in [-0.1, -0.05) is 0 Å². The summed E-state index contributed by atoms with van der Waals surface area (Å²) in [5.41, 5.74) is 0. The Morgan fingerprint density at radius 3 is 2.54 bits per heavy atom. The van der Waals surface area contributed by atoms with Crippen LogP contribution in [-0.2, 0) is 9.53 Å². The van der Waals surface area contributed by atoms with Gasteiger partial charge in [-0.25, -0.2) is 14.8 Å². The van der Waals surface area contributed by atoms with Gasteiger partial charge in [0.25, 0.3) is 0 Å². The molecule has 156 valence electrons. The maximum absolute atomic E-state index is 10.6. The van der Waals surface area contributed by atoms with Gasteiger partial charge in [-0.05, 0) is 37.7 Å². The van der Waals surface area contributed by atoms with Crippen molar-refractivity contribution in [3.8, 4) is 6.01 Å². The number of aromatic nitrogens is 2. The van der Waals surface area contributed by atoms with Crippen LogP contribution in [0.5, 0.6) is 6.01 Å². The van der Waals surface area contributed by atoms with Crippen molar-refractivity contribution in [1.29, 1.82) is 0 Å². The molecule has 28 heavy (non-hydrogen) atoms. The molecular formula is C18H24F3N3O4. The molecule has 1 N–H and O–H groups in total. The van der Waals surface area contributed by atoms with E-state index in [4.69, 9.17) is 19.4 Å². The number of hydrogen-bond donors (Lipinski definition) is 1. The van der Waals surface area contributed by atoms with Crippen LogP contribution in [0.3, 0.4) is 0 Å². The van der Waals surface area contributed by atoms with Gasteiger partial charge in [0.15, 0.2) is 0 Å². The monoisotopic (exact) mass is 403 g/mol. The number of fused-ring (bicyclic) bond motifs is 1. The topological polar surface area (TPSA) is 84.8 Å². The van der Waals surface area contributed by atoms with Crippen molar-refractivity contribution >= 4 is 5.97 Å². The number of hydrogen-bond acceptors (Lipinski definition) is 6. The maximum atomic E-state index is 10.6. The molecule has 0 bridgehead atoms. The largest absolute Gasteiger partial charge is 0.490 e. The predicted octanol–water partition coefficient (Wildman–Crippen LogP) is 2.38. The molecule has 3 fully saturated rings. The summed E-state index contributed by atoms with van der Waals surface area (Å²) in [6, 6.07) is 2.88. The van der Waals surface area contributed by atoms with E-state index in [0.717, 1.165) is 19.1 Å². The van der Waals surface area contributed by atoms with E-state index in [1.54, 1.807) is 18.5 Å². The number of ether oxygens (including phenoxy) is 2. The quantitative estimate of drug-likeness (QED) is 0.808. The van der Waals surface area contributed by atoms with Gasteiger partial charge >= 0.3 is 18.2 Å². The molecule has 3 unspecified atom stereocenters. The molecular weight excluding hydrogens is 379 g/mol. The molecule has 1 saturated heterocycles. The van der Waals surface area contributed by atoms with Crippen molar-refractivity contribution < 1.29 is 32.5 Å². The van der Waals surface area contributed by atoms with Gasteiger partial charge in [0, 0.05) is 37.4 Å². The highest BCUT2D eigenvalue weighted by atomic mass is 19.4. The van der Waals surface area contributed by atoms with Crippen molar-refractivity contribution in [2.75, 3.05) is 26.3 Å². The average molecular weight is 403 g/mol. The standard InChI is InChI=1S/C16H23N3O2.C2HF3O2/c1-6-17-16(18-7-1)21-11-13-4-5-14-15(13)20-9-8-19(14)10-12-2-3-12;3-2(4,5)1(6)7/h1,6-7,12-15H,2-5,8-11H2;(H,6,7). The Morgan fingerprint density at radius 1 is 1.25 bits per heavy atom. The Bertz CT molecular complexity index is 643. The molecule has 3 atom stereocenters. The lowest BCUT2D eigenvalue weighted by Crippen LogP contribution is -2.51. The van der Waals surface area contributed by atoms with Crippen LogP contribution in [0.1, 0.15) is 25.7 Å². The normalized spacial score (nSPS) is 27.5. The van der Waals surface area contributed by atoms with Crippen molar-refractivity contribution in [3.05, 3.63) is 18.5 Å². The van der Waals surface area contributed by atoms with Crippen LogP contribution in [0.15, 0.2) is 18.5 Å². The highest BCUT2D eigenvalue weighted by Crippen LogP contribution is 2.38. The van der Waals surface area contributed by atoms with Gasteiger partial charge < -0.3 is 14.6 Å². The van der Waals surface area contributed by atoms with E-state index in [2.05, 4.69) is 14.9 Å². The zero-order valence-corrected chi connectivity index (χ0v) is 15.3. The van der Waals surface area contributed by atoms with Gasteiger partial charge in [0.2, 0.25) is 0 Å². The Balaban J connectivity index is 0.000000279. The van der Waals surface area contributed by atoms with Crippen LogP contribution in [0.2, 0.25) is 0 Å². The van der Waals surface area contributed by atoms with Gasteiger partial charge in [-0.2, -0.15) is 13.2 Å². The van der Waals surface area contributed by atoms with Gasteiger partial charge in [0.05, 0.1) is 19.3 Å². The second-order valence-electron chi connectivity index (χ2n) is 7.32. The molecule has 4 rings (SSSR count). The number of carboxylic acids is 1. The average Bonchev–Trinajstić information content (AvgIpc) is 3.38. The van der Waals surface area contributed by atoms with Crippen molar-refractivity contribution in [2.24, 2.45) is 11.8 Å². The molecule has 2 aliphatic carbocycles. The summed E-state index contributed by atoms with van der Waals surface area (Å²) in [6.45, 7) is 3.92. The Kier molecular flexibility index (Phi) is 6.71. The smallest absolute Gasteiger partial charge is 0.475 e. The summed E-state index contributed by atoms with van der Waals surface area (Å²) in [5.74, 6) is -1.33. The molecule has 1 aromatic heterocycles. The minimum absolute atomic E-state index is 0.334. The molecule has 2 saturated carbocycles. The van der Waals surface area contributed by atoms with E-state index >= 15 is 0 Å². The molecule has 10 heteroatoms. The van der Waals surface area contributed by atoms with Crippen molar-refractivity contribution in [3.63, 3.8) is 0 Å². The summed E-state index contributed by atoms with van der Waals surface area (Å²) in [5, 5.41) is 7.12. The number of halogens is 3. The number of nitrogens with zero attached hydrogens (tertiary/aromatic N) is 3. The third-order valence-corrected chi connectivity index (χ3v) is 5.24. The van der Waals surface area contributed by atoms with E-state index in [1.165, 1.54) is 32.2 Å². The fraction of sp³-hybridized carbons (Fsp3) is 0.722. The van der Waals surface area contributed by atoms with Crippen LogP contribution in [0.25, 0.3) is 0 Å².